The number of para-hydroxylation sites is 2. The third kappa shape index (κ3) is 3.66. The summed E-state index contributed by atoms with van der Waals surface area (Å²) in [5.74, 6) is 1.06. The summed E-state index contributed by atoms with van der Waals surface area (Å²) >= 11 is 0. The Morgan fingerprint density at radius 3 is 2.85 bits per heavy atom. The molecule has 132 valence electrons. The van der Waals surface area contributed by atoms with Crippen LogP contribution in [0.2, 0.25) is 0 Å². The van der Waals surface area contributed by atoms with Crippen LogP contribution < -0.4 is 14.8 Å². The van der Waals surface area contributed by atoms with Crippen LogP contribution in [0.4, 0.5) is 0 Å². The van der Waals surface area contributed by atoms with Gasteiger partial charge in [-0.3, -0.25) is 4.79 Å². The molecule has 0 saturated carbocycles. The molecule has 0 spiro atoms. The zero-order chi connectivity index (χ0) is 17.8. The molecule has 1 amide bonds. The second-order valence-electron chi connectivity index (χ2n) is 6.00. The van der Waals surface area contributed by atoms with Crippen LogP contribution in [0.15, 0.2) is 61.2 Å². The van der Waals surface area contributed by atoms with Gasteiger partial charge in [-0.2, -0.15) is 5.10 Å². The van der Waals surface area contributed by atoms with Gasteiger partial charge in [-0.15, -0.1) is 0 Å². The van der Waals surface area contributed by atoms with Crippen LogP contribution in [0.5, 0.6) is 11.5 Å². The average Bonchev–Trinajstić information content (AvgIpc) is 3.19. The van der Waals surface area contributed by atoms with Crippen LogP contribution in [0.25, 0.3) is 0 Å². The van der Waals surface area contributed by atoms with Crippen molar-refractivity contribution in [2.24, 2.45) is 0 Å². The first kappa shape index (κ1) is 16.1. The predicted octanol–water partition coefficient (Wildman–Crippen LogP) is 1.78. The van der Waals surface area contributed by atoms with Gasteiger partial charge in [-0.1, -0.05) is 36.4 Å². The fourth-order valence-corrected chi connectivity index (χ4v) is 2.79. The van der Waals surface area contributed by atoms with E-state index in [1.807, 2.05) is 42.5 Å². The molecule has 3 aromatic rings. The molecule has 4 rings (SSSR count). The molecule has 0 fully saturated rings. The van der Waals surface area contributed by atoms with Gasteiger partial charge in [0.1, 0.15) is 19.3 Å². The number of fused-ring (bicyclic) bond motifs is 1. The van der Waals surface area contributed by atoms with E-state index in [0.29, 0.717) is 24.6 Å². The smallest absolute Gasteiger partial charge is 0.264 e. The number of nitrogens with one attached hydrogen (secondary N) is 1. The highest BCUT2D eigenvalue weighted by atomic mass is 16.6. The number of ether oxygens (including phenoxy) is 2. The van der Waals surface area contributed by atoms with Crippen molar-refractivity contribution in [3.05, 3.63) is 72.3 Å². The number of carbonyl (C=O) groups excluding carboxylic acids is 1. The Bertz CT molecular complexity index is 895. The van der Waals surface area contributed by atoms with E-state index in [4.69, 9.17) is 9.47 Å². The monoisotopic (exact) mass is 350 g/mol. The summed E-state index contributed by atoms with van der Waals surface area (Å²) in [4.78, 5) is 16.3. The summed E-state index contributed by atoms with van der Waals surface area (Å²) in [5, 5.41) is 7.01. The highest BCUT2D eigenvalue weighted by Gasteiger charge is 2.26. The Balaban J connectivity index is 1.35. The third-order valence-corrected chi connectivity index (χ3v) is 4.07. The largest absolute Gasteiger partial charge is 0.485 e. The Morgan fingerprint density at radius 2 is 2.00 bits per heavy atom. The number of hydrogen-bond acceptors (Lipinski definition) is 5. The van der Waals surface area contributed by atoms with E-state index in [2.05, 4.69) is 15.4 Å². The lowest BCUT2D eigenvalue weighted by molar-refractivity contribution is -0.130. The molecule has 1 aromatic heterocycles. The summed E-state index contributed by atoms with van der Waals surface area (Å²) in [5.41, 5.74) is 2.10. The molecule has 26 heavy (non-hydrogen) atoms. The normalized spacial score (nSPS) is 15.5. The van der Waals surface area contributed by atoms with Gasteiger partial charge in [0, 0.05) is 6.54 Å². The van der Waals surface area contributed by atoms with Crippen molar-refractivity contribution in [2.75, 3.05) is 6.61 Å². The van der Waals surface area contributed by atoms with Crippen molar-refractivity contribution in [1.82, 2.24) is 20.1 Å². The summed E-state index contributed by atoms with van der Waals surface area (Å²) in [6.45, 7) is 1.26. The molecule has 1 N–H and O–H groups in total. The minimum atomic E-state index is -0.650. The van der Waals surface area contributed by atoms with Crippen molar-refractivity contribution < 1.29 is 14.3 Å². The Morgan fingerprint density at radius 1 is 1.15 bits per heavy atom. The van der Waals surface area contributed by atoms with Crippen molar-refractivity contribution in [1.29, 1.82) is 0 Å². The van der Waals surface area contributed by atoms with Gasteiger partial charge in [0.05, 0.1) is 6.54 Å². The molecule has 1 atom stereocenters. The van der Waals surface area contributed by atoms with E-state index in [1.165, 1.54) is 6.33 Å². The number of amides is 1. The average molecular weight is 350 g/mol. The van der Waals surface area contributed by atoms with E-state index in [-0.39, 0.29) is 12.5 Å². The summed E-state index contributed by atoms with van der Waals surface area (Å²) in [7, 11) is 0. The minimum Gasteiger partial charge on any atom is -0.485 e. The Labute approximate surface area is 150 Å². The number of benzene rings is 2. The van der Waals surface area contributed by atoms with Crippen molar-refractivity contribution in [3.8, 4) is 11.5 Å². The molecule has 1 unspecified atom stereocenters. The highest BCUT2D eigenvalue weighted by Crippen LogP contribution is 2.30. The van der Waals surface area contributed by atoms with Gasteiger partial charge >= 0.3 is 0 Å². The minimum absolute atomic E-state index is 0.193. The van der Waals surface area contributed by atoms with Gasteiger partial charge in [0.2, 0.25) is 6.10 Å². The molecule has 0 aliphatic carbocycles. The van der Waals surface area contributed by atoms with E-state index in [0.717, 1.165) is 11.1 Å². The number of rotatable bonds is 5. The molecular weight excluding hydrogens is 332 g/mol. The van der Waals surface area contributed by atoms with Gasteiger partial charge in [-0.25, -0.2) is 9.67 Å². The number of nitrogens with zero attached hydrogens (tertiary/aromatic N) is 3. The number of carbonyl (C=O) groups is 1. The SMILES string of the molecule is O=C(NCc1cccc(Cn2cncn2)c1)C1COc2ccccc2O1. The Kier molecular flexibility index (Phi) is 4.51. The number of aromatic nitrogens is 3. The van der Waals surface area contributed by atoms with Crippen LogP contribution in [-0.4, -0.2) is 33.4 Å². The summed E-state index contributed by atoms with van der Waals surface area (Å²) in [6.07, 6.45) is 2.53. The lowest BCUT2D eigenvalue weighted by Gasteiger charge is -2.25. The first-order chi connectivity index (χ1) is 12.8. The standard InChI is InChI=1S/C19H18N4O3/c24-19(18-11-25-16-6-1-2-7-17(16)26-18)21-9-14-4-3-5-15(8-14)10-23-13-20-12-22-23/h1-8,12-13,18H,9-11H2,(H,21,24). The van der Waals surface area contributed by atoms with Crippen LogP contribution >= 0.6 is 0 Å². The highest BCUT2D eigenvalue weighted by molar-refractivity contribution is 5.81. The van der Waals surface area contributed by atoms with Crippen LogP contribution in [0.3, 0.4) is 0 Å². The predicted molar refractivity (Wildman–Crippen MR) is 93.8 cm³/mol. The van der Waals surface area contributed by atoms with Crippen LogP contribution in [0.1, 0.15) is 11.1 Å². The van der Waals surface area contributed by atoms with Crippen molar-refractivity contribution in [3.63, 3.8) is 0 Å². The van der Waals surface area contributed by atoms with Gasteiger partial charge in [0.25, 0.3) is 5.91 Å². The summed E-state index contributed by atoms with van der Waals surface area (Å²) < 4.78 is 13.1. The fraction of sp³-hybridized carbons (Fsp3) is 0.211. The number of hydrogen-bond donors (Lipinski definition) is 1. The summed E-state index contributed by atoms with van der Waals surface area (Å²) in [6, 6.07) is 15.3. The molecule has 2 aromatic carbocycles. The maximum absolute atomic E-state index is 12.4. The van der Waals surface area contributed by atoms with Crippen molar-refractivity contribution >= 4 is 5.91 Å². The van der Waals surface area contributed by atoms with E-state index in [1.54, 1.807) is 17.1 Å². The lowest BCUT2D eigenvalue weighted by Crippen LogP contribution is -2.43. The lowest BCUT2D eigenvalue weighted by atomic mass is 10.1. The third-order valence-electron chi connectivity index (χ3n) is 4.07. The van der Waals surface area contributed by atoms with Gasteiger partial charge < -0.3 is 14.8 Å². The van der Waals surface area contributed by atoms with E-state index >= 15 is 0 Å². The van der Waals surface area contributed by atoms with E-state index in [9.17, 15) is 4.79 Å². The van der Waals surface area contributed by atoms with E-state index < -0.39 is 6.10 Å². The zero-order valence-electron chi connectivity index (χ0n) is 14.0. The van der Waals surface area contributed by atoms with Crippen molar-refractivity contribution in [2.45, 2.75) is 19.2 Å². The molecular formula is C19H18N4O3. The molecule has 7 nitrogen and oxygen atoms in total. The second-order valence-corrected chi connectivity index (χ2v) is 6.00. The molecule has 1 aliphatic heterocycles. The first-order valence-corrected chi connectivity index (χ1v) is 8.34. The quantitative estimate of drug-likeness (QED) is 0.759. The van der Waals surface area contributed by atoms with Gasteiger partial charge in [-0.05, 0) is 23.3 Å². The molecule has 1 aliphatic rings. The van der Waals surface area contributed by atoms with Gasteiger partial charge in [0.15, 0.2) is 11.5 Å². The maximum atomic E-state index is 12.4. The maximum Gasteiger partial charge on any atom is 0.264 e. The molecule has 0 saturated heterocycles. The second kappa shape index (κ2) is 7.26. The first-order valence-electron chi connectivity index (χ1n) is 8.34. The molecule has 0 radical (unpaired) electrons. The van der Waals surface area contributed by atoms with Crippen LogP contribution in [0, 0.1) is 0 Å². The Hall–Kier alpha value is -3.35. The molecule has 7 heteroatoms. The molecule has 0 bridgehead atoms. The fourth-order valence-electron chi connectivity index (χ4n) is 2.79. The molecule has 2 heterocycles. The van der Waals surface area contributed by atoms with Crippen LogP contribution in [-0.2, 0) is 17.9 Å². The topological polar surface area (TPSA) is 78.3 Å². The zero-order valence-corrected chi connectivity index (χ0v) is 14.0.